The van der Waals surface area contributed by atoms with E-state index in [0.717, 1.165) is 39.4 Å². The molecule has 7 aromatic carbocycles. The summed E-state index contributed by atoms with van der Waals surface area (Å²) in [6, 6.07) is 60.9. The van der Waals surface area contributed by atoms with Crippen molar-refractivity contribution in [1.29, 1.82) is 0 Å². The first-order valence-electron chi connectivity index (χ1n) is 27.0. The second-order valence-corrected chi connectivity index (χ2v) is 26.4. The lowest BCUT2D eigenvalue weighted by molar-refractivity contribution is 0.479. The minimum atomic E-state index is -0.229. The van der Waals surface area contributed by atoms with Crippen molar-refractivity contribution in [3.05, 3.63) is 214 Å². The zero-order chi connectivity index (χ0) is 53.6. The Bertz CT molecular complexity index is 3560. The summed E-state index contributed by atoms with van der Waals surface area (Å²) in [4.78, 5) is 10.1. The Hall–Kier alpha value is -7.11. The van der Waals surface area contributed by atoms with E-state index in [9.17, 15) is 0 Å². The number of fused-ring (bicyclic) bond motifs is 4. The van der Waals surface area contributed by atoms with Gasteiger partial charge in [0.05, 0.1) is 22.4 Å². The smallest absolute Gasteiger partial charge is 0.137 e. The molecule has 0 aliphatic carbocycles. The quantitative estimate of drug-likeness (QED) is 0.144. The number of hydrogen-bond donors (Lipinski definition) is 0. The molecule has 0 N–H and O–H groups in total. The van der Waals surface area contributed by atoms with Crippen LogP contribution >= 0.6 is 0 Å². The van der Waals surface area contributed by atoms with E-state index in [2.05, 4.69) is 289 Å². The van der Waals surface area contributed by atoms with E-state index in [1.807, 2.05) is 6.20 Å². The topological polar surface area (TPSA) is 33.5 Å². The summed E-state index contributed by atoms with van der Waals surface area (Å²) in [5.41, 5.74) is 16.3. The molecule has 1 aliphatic heterocycles. The zero-order valence-electron chi connectivity index (χ0n) is 47.6. The standard InChI is InChI=1S/C70H78N4O/c1-65(2,3)48-33-34-71-64(42-48)74-61-40-49(69(13,14)46-23-19-17-20-24-46)27-30-58(61)59-31-29-56(44-62(59)74)75-57-39-53(68(10,11)12)38-55(43-57)73-45-72(54-36-51(66(4,5)6)35-52(37-54)67(7,8)9)60-32-28-50(41-63(60)73)70(15,16)47-25-21-18-22-26-47/h17-44H,45H2,1-16H3. The molecule has 0 bridgehead atoms. The van der Waals surface area contributed by atoms with E-state index < -0.39 is 0 Å². The monoisotopic (exact) mass is 991 g/mol. The second-order valence-electron chi connectivity index (χ2n) is 26.4. The predicted octanol–water partition coefficient (Wildman–Crippen LogP) is 19.1. The van der Waals surface area contributed by atoms with Crippen molar-refractivity contribution in [3.63, 3.8) is 0 Å². The van der Waals surface area contributed by atoms with Crippen LogP contribution in [-0.4, -0.2) is 16.2 Å². The van der Waals surface area contributed by atoms with E-state index in [0.29, 0.717) is 6.67 Å². The Labute approximate surface area is 448 Å². The predicted molar refractivity (Wildman–Crippen MR) is 319 cm³/mol. The number of hydrogen-bond acceptors (Lipinski definition) is 4. The average molecular weight is 991 g/mol. The van der Waals surface area contributed by atoms with E-state index in [-0.39, 0.29) is 32.5 Å². The van der Waals surface area contributed by atoms with Gasteiger partial charge in [-0.2, -0.15) is 0 Å². The van der Waals surface area contributed by atoms with Crippen LogP contribution < -0.4 is 14.5 Å². The number of pyridine rings is 1. The third-order valence-corrected chi connectivity index (χ3v) is 16.1. The summed E-state index contributed by atoms with van der Waals surface area (Å²) in [5.74, 6) is 2.45. The van der Waals surface area contributed by atoms with Crippen LogP contribution in [0.15, 0.2) is 170 Å². The third kappa shape index (κ3) is 9.76. The van der Waals surface area contributed by atoms with Gasteiger partial charge in [0.1, 0.15) is 24.0 Å². The maximum atomic E-state index is 7.19. The highest BCUT2D eigenvalue weighted by Crippen LogP contribution is 2.50. The molecule has 0 saturated carbocycles. The second kappa shape index (κ2) is 18.3. The normalized spacial score (nSPS) is 13.8. The maximum Gasteiger partial charge on any atom is 0.137 e. The van der Waals surface area contributed by atoms with Crippen LogP contribution in [0.2, 0.25) is 0 Å². The van der Waals surface area contributed by atoms with Gasteiger partial charge in [-0.3, -0.25) is 4.57 Å². The molecule has 0 amide bonds. The molecule has 0 saturated heterocycles. The molecule has 3 heterocycles. The molecule has 0 atom stereocenters. The number of ether oxygens (including phenoxy) is 1. The molecular formula is C70H78N4O. The highest BCUT2D eigenvalue weighted by molar-refractivity contribution is 6.09. The largest absolute Gasteiger partial charge is 0.457 e. The first kappa shape index (κ1) is 51.4. The van der Waals surface area contributed by atoms with E-state index >= 15 is 0 Å². The van der Waals surface area contributed by atoms with Gasteiger partial charge in [-0.1, -0.05) is 196 Å². The summed E-state index contributed by atoms with van der Waals surface area (Å²) in [6.07, 6.45) is 1.96. The van der Waals surface area contributed by atoms with Crippen molar-refractivity contribution < 1.29 is 4.74 Å². The van der Waals surface area contributed by atoms with Gasteiger partial charge in [-0.15, -0.1) is 0 Å². The third-order valence-electron chi connectivity index (χ3n) is 16.1. The van der Waals surface area contributed by atoms with Crippen LogP contribution in [0.5, 0.6) is 11.5 Å². The first-order chi connectivity index (χ1) is 35.2. The van der Waals surface area contributed by atoms with Crippen LogP contribution in [0.25, 0.3) is 27.6 Å². The van der Waals surface area contributed by atoms with Gasteiger partial charge in [0.15, 0.2) is 0 Å². The minimum Gasteiger partial charge on any atom is -0.457 e. The maximum absolute atomic E-state index is 7.19. The molecule has 0 radical (unpaired) electrons. The Morgan fingerprint density at radius 2 is 0.840 bits per heavy atom. The Morgan fingerprint density at radius 3 is 1.40 bits per heavy atom. The van der Waals surface area contributed by atoms with Crippen molar-refractivity contribution in [2.75, 3.05) is 16.5 Å². The highest BCUT2D eigenvalue weighted by atomic mass is 16.5. The zero-order valence-corrected chi connectivity index (χ0v) is 47.6. The van der Waals surface area contributed by atoms with Gasteiger partial charge in [-0.25, -0.2) is 4.98 Å². The molecule has 5 nitrogen and oxygen atoms in total. The number of anilines is 4. The molecule has 75 heavy (non-hydrogen) atoms. The molecule has 2 aromatic heterocycles. The summed E-state index contributed by atoms with van der Waals surface area (Å²) < 4.78 is 9.54. The van der Waals surface area contributed by atoms with Gasteiger partial charge < -0.3 is 14.5 Å². The Kier molecular flexibility index (Phi) is 12.6. The Morgan fingerprint density at radius 1 is 0.360 bits per heavy atom. The molecule has 0 unspecified atom stereocenters. The number of benzene rings is 7. The van der Waals surface area contributed by atoms with Gasteiger partial charge in [-0.05, 0) is 133 Å². The average Bonchev–Trinajstić information content (AvgIpc) is 3.93. The number of rotatable bonds is 9. The molecule has 5 heteroatoms. The van der Waals surface area contributed by atoms with Crippen LogP contribution in [0, 0.1) is 0 Å². The fourth-order valence-electron chi connectivity index (χ4n) is 10.8. The summed E-state index contributed by atoms with van der Waals surface area (Å²) >= 11 is 0. The fraction of sp³-hybridized carbons (Fsp3) is 0.329. The van der Waals surface area contributed by atoms with Crippen LogP contribution in [0.4, 0.5) is 22.7 Å². The van der Waals surface area contributed by atoms with E-state index in [1.165, 1.54) is 67.0 Å². The van der Waals surface area contributed by atoms with Crippen molar-refractivity contribution in [2.24, 2.45) is 0 Å². The molecule has 9 aromatic rings. The van der Waals surface area contributed by atoms with Crippen LogP contribution in [0.3, 0.4) is 0 Å². The van der Waals surface area contributed by atoms with E-state index in [1.54, 1.807) is 0 Å². The summed E-state index contributed by atoms with van der Waals surface area (Å²) in [6.45, 7) is 37.6. The lowest BCUT2D eigenvalue weighted by Crippen LogP contribution is -2.26. The van der Waals surface area contributed by atoms with Gasteiger partial charge in [0, 0.05) is 51.3 Å². The van der Waals surface area contributed by atoms with Gasteiger partial charge in [0.25, 0.3) is 0 Å². The number of aromatic nitrogens is 2. The molecule has 384 valence electrons. The van der Waals surface area contributed by atoms with Gasteiger partial charge in [0.2, 0.25) is 0 Å². The van der Waals surface area contributed by atoms with Crippen molar-refractivity contribution in [1.82, 2.24) is 9.55 Å². The fourth-order valence-corrected chi connectivity index (χ4v) is 10.8. The van der Waals surface area contributed by atoms with E-state index in [4.69, 9.17) is 9.72 Å². The molecular weight excluding hydrogens is 913 g/mol. The lowest BCUT2D eigenvalue weighted by Gasteiger charge is -2.29. The summed E-state index contributed by atoms with van der Waals surface area (Å²) in [5, 5.41) is 2.33. The SMILES string of the molecule is CC(C)(C)c1cc(Oc2ccc3c4ccc(C(C)(C)c5ccccc5)cc4n(-c4cc(C(C)(C)C)ccn4)c3c2)cc(N2CN(c3cc(C(C)(C)C)cc(C(C)(C)C)c3)c3ccc(C(C)(C)c4ccccc4)cc32)c1. The minimum absolute atomic E-state index is 0.0261. The molecule has 0 spiro atoms. The van der Waals surface area contributed by atoms with Crippen molar-refractivity contribution in [3.8, 4) is 17.3 Å². The number of nitrogens with zero attached hydrogens (tertiary/aromatic N) is 4. The van der Waals surface area contributed by atoms with Crippen molar-refractivity contribution >= 4 is 44.6 Å². The molecule has 0 fully saturated rings. The lowest BCUT2D eigenvalue weighted by atomic mass is 9.78. The van der Waals surface area contributed by atoms with Gasteiger partial charge >= 0.3 is 0 Å². The highest BCUT2D eigenvalue weighted by Gasteiger charge is 2.34. The van der Waals surface area contributed by atoms with Crippen LogP contribution in [0.1, 0.15) is 155 Å². The molecule has 10 rings (SSSR count). The van der Waals surface area contributed by atoms with Crippen LogP contribution in [-0.2, 0) is 32.5 Å². The summed E-state index contributed by atoms with van der Waals surface area (Å²) in [7, 11) is 0. The van der Waals surface area contributed by atoms with Crippen molar-refractivity contribution in [2.45, 2.75) is 143 Å². The molecule has 1 aliphatic rings. The first-order valence-corrected chi connectivity index (χ1v) is 27.0. The Balaban J connectivity index is 1.12.